The SMILES string of the molecule is CC1(C)CC(Oc2ccc(Cl)cc2Cl)CC(C)(C)N1.Cl. The molecule has 1 saturated heterocycles. The third-order valence-electron chi connectivity index (χ3n) is 3.34. The molecular weight excluding hydrogens is 317 g/mol. The Morgan fingerprint density at radius 2 is 1.65 bits per heavy atom. The maximum absolute atomic E-state index is 6.17. The number of piperidine rings is 1. The molecule has 0 saturated carbocycles. The van der Waals surface area contributed by atoms with Gasteiger partial charge in [0, 0.05) is 28.9 Å². The molecule has 0 aliphatic carbocycles. The largest absolute Gasteiger partial charge is 0.489 e. The van der Waals surface area contributed by atoms with Crippen LogP contribution in [0, 0.1) is 0 Å². The molecule has 5 heteroatoms. The fraction of sp³-hybridized carbons (Fsp3) is 0.600. The molecule has 1 heterocycles. The Morgan fingerprint density at radius 1 is 1.10 bits per heavy atom. The predicted octanol–water partition coefficient (Wildman–Crippen LogP) is 5.10. The molecule has 2 nitrogen and oxygen atoms in total. The third kappa shape index (κ3) is 4.70. The van der Waals surface area contributed by atoms with Gasteiger partial charge in [-0.1, -0.05) is 23.2 Å². The van der Waals surface area contributed by atoms with Gasteiger partial charge in [-0.3, -0.25) is 0 Å². The van der Waals surface area contributed by atoms with Crippen LogP contribution in [0.1, 0.15) is 40.5 Å². The molecule has 1 fully saturated rings. The minimum Gasteiger partial charge on any atom is -0.489 e. The summed E-state index contributed by atoms with van der Waals surface area (Å²) in [5, 5.41) is 4.84. The van der Waals surface area contributed by atoms with Crippen molar-refractivity contribution in [1.29, 1.82) is 0 Å². The van der Waals surface area contributed by atoms with E-state index in [1.807, 2.05) is 6.07 Å². The topological polar surface area (TPSA) is 21.3 Å². The highest BCUT2D eigenvalue weighted by Gasteiger charge is 2.38. The van der Waals surface area contributed by atoms with E-state index in [-0.39, 0.29) is 29.6 Å². The van der Waals surface area contributed by atoms with Crippen LogP contribution < -0.4 is 10.1 Å². The summed E-state index contributed by atoms with van der Waals surface area (Å²) in [5.41, 5.74) is 0.122. The third-order valence-corrected chi connectivity index (χ3v) is 3.87. The first kappa shape index (κ1) is 17.9. The zero-order chi connectivity index (χ0) is 14.3. The van der Waals surface area contributed by atoms with Crippen LogP contribution in [0.15, 0.2) is 18.2 Å². The van der Waals surface area contributed by atoms with Gasteiger partial charge >= 0.3 is 0 Å². The van der Waals surface area contributed by atoms with Gasteiger partial charge in [0.25, 0.3) is 0 Å². The van der Waals surface area contributed by atoms with E-state index in [1.54, 1.807) is 12.1 Å². The molecule has 0 unspecified atom stereocenters. The Morgan fingerprint density at radius 3 is 2.15 bits per heavy atom. The minimum atomic E-state index is 0. The van der Waals surface area contributed by atoms with Crippen molar-refractivity contribution in [3.63, 3.8) is 0 Å². The summed E-state index contributed by atoms with van der Waals surface area (Å²) in [5.74, 6) is 0.713. The fourth-order valence-electron chi connectivity index (χ4n) is 3.06. The molecule has 1 aliphatic heterocycles. The monoisotopic (exact) mass is 337 g/mol. The zero-order valence-corrected chi connectivity index (χ0v) is 14.6. The number of benzene rings is 1. The Hall–Kier alpha value is -0.150. The molecule has 0 spiro atoms. The van der Waals surface area contributed by atoms with Crippen molar-refractivity contribution in [2.24, 2.45) is 0 Å². The summed E-state index contributed by atoms with van der Waals surface area (Å²) in [6.07, 6.45) is 2.06. The van der Waals surface area contributed by atoms with Crippen LogP contribution in [-0.4, -0.2) is 17.2 Å². The average Bonchev–Trinajstić information content (AvgIpc) is 2.17. The van der Waals surface area contributed by atoms with E-state index in [4.69, 9.17) is 27.9 Å². The number of ether oxygens (including phenoxy) is 1. The lowest BCUT2D eigenvalue weighted by atomic mass is 9.81. The van der Waals surface area contributed by atoms with E-state index in [0.29, 0.717) is 15.8 Å². The number of hydrogen-bond donors (Lipinski definition) is 1. The van der Waals surface area contributed by atoms with Crippen molar-refractivity contribution in [3.8, 4) is 5.75 Å². The first-order valence-corrected chi connectivity index (χ1v) is 7.34. The van der Waals surface area contributed by atoms with Gasteiger partial charge in [-0.2, -0.15) is 0 Å². The maximum atomic E-state index is 6.17. The molecular formula is C15H22Cl3NO. The Bertz CT molecular complexity index is 458. The van der Waals surface area contributed by atoms with Gasteiger partial charge in [0.1, 0.15) is 11.9 Å². The molecule has 20 heavy (non-hydrogen) atoms. The van der Waals surface area contributed by atoms with Gasteiger partial charge in [0.15, 0.2) is 0 Å². The average molecular weight is 339 g/mol. The van der Waals surface area contributed by atoms with Gasteiger partial charge < -0.3 is 10.1 Å². The van der Waals surface area contributed by atoms with Gasteiger partial charge in [-0.15, -0.1) is 12.4 Å². The van der Waals surface area contributed by atoms with E-state index >= 15 is 0 Å². The van der Waals surface area contributed by atoms with Crippen molar-refractivity contribution in [3.05, 3.63) is 28.2 Å². The molecule has 0 amide bonds. The van der Waals surface area contributed by atoms with Crippen molar-refractivity contribution in [2.75, 3.05) is 0 Å². The van der Waals surface area contributed by atoms with E-state index in [2.05, 4.69) is 33.0 Å². The minimum absolute atomic E-state index is 0. The molecule has 0 bridgehead atoms. The number of rotatable bonds is 2. The first-order valence-electron chi connectivity index (χ1n) is 6.58. The summed E-state index contributed by atoms with van der Waals surface area (Å²) in [7, 11) is 0. The van der Waals surface area contributed by atoms with Crippen LogP contribution >= 0.6 is 35.6 Å². The second-order valence-electron chi connectivity index (χ2n) is 6.62. The van der Waals surface area contributed by atoms with Gasteiger partial charge in [0.05, 0.1) is 5.02 Å². The van der Waals surface area contributed by atoms with E-state index in [0.717, 1.165) is 12.8 Å². The Labute approximate surface area is 137 Å². The lowest BCUT2D eigenvalue weighted by molar-refractivity contribution is 0.0560. The Kier molecular flexibility index (Phi) is 5.65. The van der Waals surface area contributed by atoms with Gasteiger partial charge in [-0.25, -0.2) is 0 Å². The normalized spacial score (nSPS) is 21.1. The standard InChI is InChI=1S/C15H21Cl2NO.ClH/c1-14(2)8-11(9-15(3,4)18-14)19-13-6-5-10(16)7-12(13)17;/h5-7,11,18H,8-9H2,1-4H3;1H. The maximum Gasteiger partial charge on any atom is 0.138 e. The smallest absolute Gasteiger partial charge is 0.138 e. The van der Waals surface area contributed by atoms with Crippen LogP contribution in [-0.2, 0) is 0 Å². The van der Waals surface area contributed by atoms with Crippen LogP contribution in [0.2, 0.25) is 10.0 Å². The quantitative estimate of drug-likeness (QED) is 0.809. The van der Waals surface area contributed by atoms with Crippen molar-refractivity contribution < 1.29 is 4.74 Å². The second-order valence-corrected chi connectivity index (χ2v) is 7.46. The summed E-state index contributed by atoms with van der Waals surface area (Å²) < 4.78 is 6.08. The number of nitrogens with one attached hydrogen (secondary N) is 1. The summed E-state index contributed by atoms with van der Waals surface area (Å²) in [6, 6.07) is 5.36. The summed E-state index contributed by atoms with van der Waals surface area (Å²) in [4.78, 5) is 0. The zero-order valence-electron chi connectivity index (χ0n) is 12.3. The Balaban J connectivity index is 0.00000200. The van der Waals surface area contributed by atoms with Gasteiger partial charge in [-0.05, 0) is 45.9 Å². The van der Waals surface area contributed by atoms with Crippen LogP contribution in [0.3, 0.4) is 0 Å². The van der Waals surface area contributed by atoms with Crippen LogP contribution in [0.25, 0.3) is 0 Å². The van der Waals surface area contributed by atoms with E-state index in [1.165, 1.54) is 0 Å². The molecule has 1 aromatic rings. The van der Waals surface area contributed by atoms with Gasteiger partial charge in [0.2, 0.25) is 0 Å². The molecule has 0 aromatic heterocycles. The summed E-state index contributed by atoms with van der Waals surface area (Å²) >= 11 is 12.1. The molecule has 2 rings (SSSR count). The number of hydrogen-bond acceptors (Lipinski definition) is 2. The predicted molar refractivity (Wildman–Crippen MR) is 88.7 cm³/mol. The lowest BCUT2D eigenvalue weighted by Gasteiger charge is -2.46. The van der Waals surface area contributed by atoms with Crippen molar-refractivity contribution in [1.82, 2.24) is 5.32 Å². The lowest BCUT2D eigenvalue weighted by Crippen LogP contribution is -2.60. The highest BCUT2D eigenvalue weighted by atomic mass is 35.5. The molecule has 0 atom stereocenters. The second kappa shape index (κ2) is 6.31. The van der Waals surface area contributed by atoms with Crippen molar-refractivity contribution >= 4 is 35.6 Å². The van der Waals surface area contributed by atoms with Crippen LogP contribution in [0.5, 0.6) is 5.75 Å². The van der Waals surface area contributed by atoms with E-state index < -0.39 is 0 Å². The molecule has 0 radical (unpaired) electrons. The highest BCUT2D eigenvalue weighted by Crippen LogP contribution is 2.34. The fourth-order valence-corrected chi connectivity index (χ4v) is 3.52. The van der Waals surface area contributed by atoms with Crippen molar-refractivity contribution in [2.45, 2.75) is 57.7 Å². The summed E-state index contributed by atoms with van der Waals surface area (Å²) in [6.45, 7) is 8.81. The molecule has 1 aliphatic rings. The first-order chi connectivity index (χ1) is 8.67. The van der Waals surface area contributed by atoms with E-state index in [9.17, 15) is 0 Å². The molecule has 1 aromatic carbocycles. The van der Waals surface area contributed by atoms with Crippen LogP contribution in [0.4, 0.5) is 0 Å². The highest BCUT2D eigenvalue weighted by molar-refractivity contribution is 6.35. The molecule has 1 N–H and O–H groups in total. The molecule has 114 valence electrons. The number of halogens is 3.